The van der Waals surface area contributed by atoms with Crippen LogP contribution in [0.25, 0.3) is 22.4 Å². The van der Waals surface area contributed by atoms with E-state index in [2.05, 4.69) is 27.9 Å². The molecule has 1 aromatic carbocycles. The number of anilines is 1. The van der Waals surface area contributed by atoms with Gasteiger partial charge in [0.15, 0.2) is 11.5 Å². The molecule has 0 bridgehead atoms. The van der Waals surface area contributed by atoms with Gasteiger partial charge < -0.3 is 11.1 Å². The normalized spacial score (nSPS) is 10.7. The lowest BCUT2D eigenvalue weighted by atomic mass is 10.3. The summed E-state index contributed by atoms with van der Waals surface area (Å²) in [6, 6.07) is 9.94. The minimum absolute atomic E-state index is 0.369. The predicted molar refractivity (Wildman–Crippen MR) is 86.8 cm³/mol. The van der Waals surface area contributed by atoms with Crippen LogP contribution in [0.3, 0.4) is 0 Å². The molecule has 0 saturated carbocycles. The summed E-state index contributed by atoms with van der Waals surface area (Å²) in [6.45, 7) is 4.67. The lowest BCUT2D eigenvalue weighted by Crippen LogP contribution is -2.15. The average molecular weight is 292 g/mol. The van der Waals surface area contributed by atoms with Crippen molar-refractivity contribution in [3.05, 3.63) is 42.7 Å². The smallest absolute Gasteiger partial charge is 0.180 e. The van der Waals surface area contributed by atoms with Gasteiger partial charge in [0.2, 0.25) is 0 Å². The van der Waals surface area contributed by atoms with Crippen LogP contribution in [0, 0.1) is 11.3 Å². The van der Waals surface area contributed by atoms with Gasteiger partial charge in [-0.05, 0) is 18.6 Å². The molecule has 2 aromatic heterocycles. The van der Waals surface area contributed by atoms with Crippen molar-refractivity contribution in [1.29, 1.82) is 5.26 Å². The van der Waals surface area contributed by atoms with E-state index in [1.807, 2.05) is 34.9 Å². The van der Waals surface area contributed by atoms with E-state index in [1.54, 1.807) is 0 Å². The molecule has 0 fully saturated rings. The second-order valence-electron chi connectivity index (χ2n) is 4.97. The molecule has 0 radical (unpaired) electrons. The molecule has 3 rings (SSSR count). The van der Waals surface area contributed by atoms with Crippen molar-refractivity contribution >= 4 is 28.2 Å². The summed E-state index contributed by atoms with van der Waals surface area (Å²) in [4.78, 5) is 8.85. The molecule has 3 N–H and O–H groups in total. The number of aromatic nitrogens is 3. The van der Waals surface area contributed by atoms with Crippen molar-refractivity contribution in [2.45, 2.75) is 12.8 Å². The van der Waals surface area contributed by atoms with Gasteiger partial charge >= 0.3 is 0 Å². The Morgan fingerprint density at radius 1 is 1.36 bits per heavy atom. The molecule has 0 aliphatic heterocycles. The quantitative estimate of drug-likeness (QED) is 0.704. The van der Waals surface area contributed by atoms with Crippen molar-refractivity contribution in [3.8, 4) is 6.07 Å². The number of hydrogen-bond acceptors (Lipinski definition) is 5. The Bertz CT molecular complexity index is 887. The number of hydrogen-bond donors (Lipinski definition) is 2. The van der Waals surface area contributed by atoms with E-state index >= 15 is 0 Å². The van der Waals surface area contributed by atoms with Crippen molar-refractivity contribution in [1.82, 2.24) is 19.7 Å². The van der Waals surface area contributed by atoms with E-state index < -0.39 is 0 Å². The summed E-state index contributed by atoms with van der Waals surface area (Å²) in [5, 5.41) is 11.7. The zero-order valence-corrected chi connectivity index (χ0v) is 12.1. The first-order valence-corrected chi connectivity index (χ1v) is 7.04. The van der Waals surface area contributed by atoms with Gasteiger partial charge in [-0.25, -0.2) is 9.97 Å². The van der Waals surface area contributed by atoms with Gasteiger partial charge in [0.05, 0.1) is 22.8 Å². The third-order valence-electron chi connectivity index (χ3n) is 3.43. The number of fused-ring (bicyclic) bond motifs is 3. The minimum atomic E-state index is 0.369. The van der Waals surface area contributed by atoms with Gasteiger partial charge in [-0.3, -0.25) is 4.40 Å². The number of imidazole rings is 1. The molecule has 0 atom stereocenters. The Morgan fingerprint density at radius 3 is 3.00 bits per heavy atom. The number of nitrogens with two attached hydrogens (primary N) is 1. The van der Waals surface area contributed by atoms with Crippen molar-refractivity contribution in [2.24, 2.45) is 0 Å². The number of nitrogens with one attached hydrogen (secondary N) is 1. The van der Waals surface area contributed by atoms with Crippen LogP contribution in [0.5, 0.6) is 0 Å². The molecule has 0 amide bonds. The molecule has 6 heteroatoms. The number of unbranched alkanes of at least 4 members (excludes halogenated alkanes) is 1. The fraction of sp³-hybridized carbons (Fsp3) is 0.188. The molecule has 22 heavy (non-hydrogen) atoms. The van der Waals surface area contributed by atoms with Crippen LogP contribution in [0.1, 0.15) is 18.5 Å². The third-order valence-corrected chi connectivity index (χ3v) is 3.43. The fourth-order valence-electron chi connectivity index (χ4n) is 2.33. The summed E-state index contributed by atoms with van der Waals surface area (Å²) < 4.78 is 1.93. The molecular weight excluding hydrogens is 276 g/mol. The maximum Gasteiger partial charge on any atom is 0.180 e. The monoisotopic (exact) mass is 292 g/mol. The standard InChI is InChI=1S/C16H16N6/c1-11(19-9-5-4-8-17)13-10-22-14-7-3-2-6-12(14)21-16(22)15(18)20-13/h2-3,6-7,10,19H,1,4-5,9H2,(H2,18,20). The molecule has 0 spiro atoms. The molecule has 0 unspecified atom stereocenters. The molecule has 3 aromatic rings. The van der Waals surface area contributed by atoms with E-state index in [4.69, 9.17) is 11.0 Å². The van der Waals surface area contributed by atoms with Gasteiger partial charge in [0.1, 0.15) is 5.69 Å². The van der Waals surface area contributed by atoms with Gasteiger partial charge in [-0.15, -0.1) is 0 Å². The van der Waals surface area contributed by atoms with E-state index in [0.29, 0.717) is 35.8 Å². The Hall–Kier alpha value is -3.07. The SMILES string of the molecule is C=C(NCCCC#N)c1cn2c(nc3ccccc32)c(N)n1. The molecule has 6 nitrogen and oxygen atoms in total. The van der Waals surface area contributed by atoms with Gasteiger partial charge in [-0.1, -0.05) is 18.7 Å². The molecule has 2 heterocycles. The first-order valence-electron chi connectivity index (χ1n) is 7.04. The van der Waals surface area contributed by atoms with Crippen LogP contribution in [-0.2, 0) is 0 Å². The number of nitrogens with zero attached hydrogens (tertiary/aromatic N) is 4. The molecule has 0 saturated heterocycles. The van der Waals surface area contributed by atoms with Gasteiger partial charge in [-0.2, -0.15) is 5.26 Å². The Morgan fingerprint density at radius 2 is 2.18 bits per heavy atom. The van der Waals surface area contributed by atoms with E-state index in [1.165, 1.54) is 0 Å². The zero-order chi connectivity index (χ0) is 15.5. The maximum absolute atomic E-state index is 8.54. The minimum Gasteiger partial charge on any atom is -0.384 e. The first-order chi connectivity index (χ1) is 10.7. The zero-order valence-electron chi connectivity index (χ0n) is 12.1. The van der Waals surface area contributed by atoms with Crippen LogP contribution in [0.2, 0.25) is 0 Å². The first kappa shape index (κ1) is 13.9. The highest BCUT2D eigenvalue weighted by atomic mass is 15.1. The number of benzene rings is 1. The Balaban J connectivity index is 1.96. The summed E-state index contributed by atoms with van der Waals surface area (Å²) in [5.41, 5.74) is 9.88. The number of nitrogen functional groups attached to an aromatic ring is 1. The van der Waals surface area contributed by atoms with Crippen LogP contribution >= 0.6 is 0 Å². The topological polar surface area (TPSA) is 92.0 Å². The Kier molecular flexibility index (Phi) is 3.62. The van der Waals surface area contributed by atoms with E-state index in [0.717, 1.165) is 17.5 Å². The molecular formula is C16H16N6. The predicted octanol–water partition coefficient (Wildman–Crippen LogP) is 2.33. The van der Waals surface area contributed by atoms with Gasteiger partial charge in [0, 0.05) is 19.2 Å². The molecule has 0 aliphatic rings. The van der Waals surface area contributed by atoms with E-state index in [9.17, 15) is 0 Å². The summed E-state index contributed by atoms with van der Waals surface area (Å²) in [7, 11) is 0. The summed E-state index contributed by atoms with van der Waals surface area (Å²) in [6.07, 6.45) is 3.16. The van der Waals surface area contributed by atoms with Crippen LogP contribution in [-0.4, -0.2) is 20.9 Å². The maximum atomic E-state index is 8.54. The molecule has 110 valence electrons. The highest BCUT2D eigenvalue weighted by molar-refractivity contribution is 5.84. The average Bonchev–Trinajstić information content (AvgIpc) is 2.91. The van der Waals surface area contributed by atoms with Crippen LogP contribution < -0.4 is 11.1 Å². The van der Waals surface area contributed by atoms with Gasteiger partial charge in [0.25, 0.3) is 0 Å². The van der Waals surface area contributed by atoms with Crippen molar-refractivity contribution < 1.29 is 0 Å². The second-order valence-corrected chi connectivity index (χ2v) is 4.97. The highest BCUT2D eigenvalue weighted by Crippen LogP contribution is 2.21. The third kappa shape index (κ3) is 2.44. The summed E-state index contributed by atoms with van der Waals surface area (Å²) >= 11 is 0. The largest absolute Gasteiger partial charge is 0.384 e. The lowest BCUT2D eigenvalue weighted by Gasteiger charge is -2.09. The number of nitriles is 1. The number of para-hydroxylation sites is 2. The van der Waals surface area contributed by atoms with Crippen molar-refractivity contribution in [2.75, 3.05) is 12.3 Å². The highest BCUT2D eigenvalue weighted by Gasteiger charge is 2.11. The second kappa shape index (κ2) is 5.74. The number of rotatable bonds is 5. The van der Waals surface area contributed by atoms with E-state index in [-0.39, 0.29) is 0 Å². The Labute approximate surface area is 127 Å². The van der Waals surface area contributed by atoms with Crippen LogP contribution in [0.15, 0.2) is 37.0 Å². The lowest BCUT2D eigenvalue weighted by molar-refractivity contribution is 0.779. The van der Waals surface area contributed by atoms with Crippen molar-refractivity contribution in [3.63, 3.8) is 0 Å². The molecule has 0 aliphatic carbocycles. The fourth-order valence-corrected chi connectivity index (χ4v) is 2.33. The summed E-state index contributed by atoms with van der Waals surface area (Å²) in [5.74, 6) is 0.369. The van der Waals surface area contributed by atoms with Crippen LogP contribution in [0.4, 0.5) is 5.82 Å².